The molecule has 0 unspecified atom stereocenters. The first kappa shape index (κ1) is 42.6. The number of para-hydroxylation sites is 1. The zero-order chi connectivity index (χ0) is 41.4. The van der Waals surface area contributed by atoms with Gasteiger partial charge in [-0.2, -0.15) is 0 Å². The van der Waals surface area contributed by atoms with Crippen molar-refractivity contribution in [2.24, 2.45) is 4.99 Å². The quantitative estimate of drug-likeness (QED) is 0.0356. The number of fused-ring (bicyclic) bond motifs is 1. The molecule has 6 rings (SSSR count). The van der Waals surface area contributed by atoms with Crippen LogP contribution in [0.3, 0.4) is 0 Å². The summed E-state index contributed by atoms with van der Waals surface area (Å²) in [5.74, 6) is 0.783. The van der Waals surface area contributed by atoms with Crippen LogP contribution in [0.15, 0.2) is 106 Å². The van der Waals surface area contributed by atoms with Crippen molar-refractivity contribution in [2.45, 2.75) is 38.2 Å². The number of unbranched alkanes of at least 4 members (excludes halogenated alkanes) is 2. The number of aliphatic hydroxyl groups excluding tert-OH is 1. The summed E-state index contributed by atoms with van der Waals surface area (Å²) in [6.45, 7) is 1.89. The lowest BCUT2D eigenvalue weighted by Crippen LogP contribution is -2.33. The van der Waals surface area contributed by atoms with E-state index in [4.69, 9.17) is 9.47 Å². The molecule has 5 aromatic rings. The highest BCUT2D eigenvalue weighted by Crippen LogP contribution is 2.29. The third-order valence-corrected chi connectivity index (χ3v) is 10.1. The Balaban J connectivity index is 0.777. The van der Waals surface area contributed by atoms with Crippen molar-refractivity contribution in [3.05, 3.63) is 118 Å². The monoisotopic (exact) mass is 825 g/mol. The van der Waals surface area contributed by atoms with E-state index in [0.29, 0.717) is 90.8 Å². The van der Waals surface area contributed by atoms with Crippen molar-refractivity contribution in [3.63, 3.8) is 0 Å². The molecular weight excluding hydrogens is 779 g/mol. The van der Waals surface area contributed by atoms with Crippen LogP contribution in [0, 0.1) is 0 Å². The molecule has 0 radical (unpaired) electrons. The normalized spacial score (nSPS) is 13.6. The first-order chi connectivity index (χ1) is 28.7. The summed E-state index contributed by atoms with van der Waals surface area (Å²) in [5, 5.41) is 21.0. The van der Waals surface area contributed by atoms with Crippen LogP contribution in [0.4, 0.5) is 8.63 Å². The lowest BCUT2D eigenvalue weighted by Gasteiger charge is -2.14. The van der Waals surface area contributed by atoms with Gasteiger partial charge in [-0.25, -0.2) is 9.79 Å². The second kappa shape index (κ2) is 21.6. The molecule has 1 atom stereocenters. The molecule has 0 saturated heterocycles. The number of rotatable bonds is 23. The molecule has 13 nitrogen and oxygen atoms in total. The molecule has 0 saturated carbocycles. The van der Waals surface area contributed by atoms with E-state index in [2.05, 4.69) is 30.9 Å². The average Bonchev–Trinajstić information content (AvgIpc) is 4.06. The minimum Gasteiger partial charge on any atom is -0.489 e. The van der Waals surface area contributed by atoms with E-state index < -0.39 is 13.5 Å². The number of benzene rings is 2. The highest BCUT2D eigenvalue weighted by atomic mass is 32.1. The third kappa shape index (κ3) is 13.0. The minimum atomic E-state index is -2.68. The Morgan fingerprint density at radius 3 is 2.54 bits per heavy atom. The number of ether oxygens (including phenoxy) is 2. The molecule has 6 N–H and O–H groups in total. The van der Waals surface area contributed by atoms with Gasteiger partial charge >= 0.3 is 13.1 Å². The summed E-state index contributed by atoms with van der Waals surface area (Å²) >= 11 is 1.41. The lowest BCUT2D eigenvalue weighted by atomic mass is 10.2. The van der Waals surface area contributed by atoms with E-state index in [9.17, 15) is 28.1 Å². The van der Waals surface area contributed by atoms with Crippen LogP contribution >= 0.6 is 11.3 Å². The first-order valence-electron chi connectivity index (χ1n) is 19.4. The summed E-state index contributed by atoms with van der Waals surface area (Å²) in [6, 6.07) is 19.5. The molecule has 4 heterocycles. The molecule has 0 spiro atoms. The summed E-state index contributed by atoms with van der Waals surface area (Å²) < 4.78 is 40.2. The van der Waals surface area contributed by atoms with Gasteiger partial charge in [0.05, 0.1) is 22.6 Å². The van der Waals surface area contributed by atoms with Gasteiger partial charge in [0, 0.05) is 36.6 Å². The molecule has 17 heteroatoms. The number of carbonyl (C=O) groups is 2. The van der Waals surface area contributed by atoms with Crippen molar-refractivity contribution >= 4 is 59.5 Å². The number of halogens is 2. The maximum atomic E-state index is 13.9. The molecule has 308 valence electrons. The van der Waals surface area contributed by atoms with E-state index in [1.807, 2.05) is 47.9 Å². The van der Waals surface area contributed by atoms with Gasteiger partial charge < -0.3 is 45.0 Å². The molecule has 59 heavy (non-hydrogen) atoms. The number of nitrogens with one attached hydrogen (secondary N) is 5. The smallest absolute Gasteiger partial charge is 0.489 e. The minimum absolute atomic E-state index is 0.0232. The number of imidazole rings is 1. The van der Waals surface area contributed by atoms with Crippen LogP contribution in [-0.2, 0) is 9.59 Å². The number of amides is 2. The number of carbonyl (C=O) groups excluding carboxylic acids is 2. The molecule has 0 fully saturated rings. The Kier molecular flexibility index (Phi) is 15.6. The fourth-order valence-electron chi connectivity index (χ4n) is 6.21. The number of nitrogens with zero attached hydrogens (tertiary/aromatic N) is 2. The van der Waals surface area contributed by atoms with E-state index in [-0.39, 0.29) is 30.7 Å². The second-order valence-electron chi connectivity index (χ2n) is 13.7. The zero-order valence-electron chi connectivity index (χ0n) is 32.3. The molecule has 0 aliphatic carbocycles. The van der Waals surface area contributed by atoms with Gasteiger partial charge in [0.25, 0.3) is 5.91 Å². The first-order valence-corrected chi connectivity index (χ1v) is 20.3. The van der Waals surface area contributed by atoms with Crippen LogP contribution in [0.5, 0.6) is 11.5 Å². The van der Waals surface area contributed by atoms with Gasteiger partial charge in [0.15, 0.2) is 6.61 Å². The Hall–Kier alpha value is -6.04. The lowest BCUT2D eigenvalue weighted by molar-refractivity contribution is -0.123. The summed E-state index contributed by atoms with van der Waals surface area (Å²) in [5.41, 5.74) is 3.87. The fourth-order valence-corrected chi connectivity index (χ4v) is 6.96. The molecule has 3 aromatic heterocycles. The molecule has 1 aliphatic rings. The van der Waals surface area contributed by atoms with E-state index in [1.54, 1.807) is 54.6 Å². The molecule has 1 aliphatic heterocycles. The third-order valence-electron chi connectivity index (χ3n) is 9.17. The topological polar surface area (TPSA) is 175 Å². The van der Waals surface area contributed by atoms with Crippen molar-refractivity contribution in [1.29, 1.82) is 0 Å². The fraction of sp³-hybridized carbons (Fsp3) is 0.286. The molecule has 0 bridgehead atoms. The number of H-pyrrole nitrogens is 2. The predicted octanol–water partition coefficient (Wildman–Crippen LogP) is 5.81. The summed E-state index contributed by atoms with van der Waals surface area (Å²) in [7, 11) is -2.68. The van der Waals surface area contributed by atoms with E-state index in [1.165, 1.54) is 11.3 Å². The molecule has 2 amide bonds. The number of hydrogen-bond donors (Lipinski definition) is 6. The Bertz CT molecular complexity index is 2330. The average molecular weight is 826 g/mol. The number of aliphatic imine (C=N–C) groups is 1. The number of aromatic nitrogens is 3. The maximum Gasteiger partial charge on any atom is 0.678 e. The standard InChI is InChI=1S/C42H46BF2N7O6S/c44-43(45)52-32(17-20-36(52)38-9-5-24-59-38)25-31-16-15-30(49-31)14-11-29-12-18-34(19-13-29)57-28-40(55)48-22-3-1-2-10-39(54)47-23-6-21-46-26-33(53)27-58-37-8-4-7-35-41(37)51-42(56)50-35/h4-5,7-9,11-20,24-25,33,46,53H,1-3,6,10,21-23,26-28H2,(H,47,54)(H,48,55)(H2,50,51,56)/b14-11+,31-25-/t33-/m0/s1. The highest BCUT2D eigenvalue weighted by Gasteiger charge is 2.24. The van der Waals surface area contributed by atoms with Gasteiger partial charge in [0.2, 0.25) is 5.91 Å². The van der Waals surface area contributed by atoms with Gasteiger partial charge in [-0.05, 0) is 104 Å². The van der Waals surface area contributed by atoms with Crippen LogP contribution in [0.1, 0.15) is 43.4 Å². The van der Waals surface area contributed by atoms with Crippen molar-refractivity contribution in [2.75, 3.05) is 39.4 Å². The predicted molar refractivity (Wildman–Crippen MR) is 229 cm³/mol. The maximum absolute atomic E-state index is 13.9. The van der Waals surface area contributed by atoms with Crippen LogP contribution in [0.25, 0.3) is 33.8 Å². The molecule has 2 aromatic carbocycles. The number of aromatic amines is 2. The number of allylic oxidation sites excluding steroid dienone is 3. The van der Waals surface area contributed by atoms with Crippen molar-refractivity contribution in [1.82, 2.24) is 30.4 Å². The van der Waals surface area contributed by atoms with Crippen LogP contribution in [0.2, 0.25) is 0 Å². The SMILES string of the molecule is O=C(CCCCCNC(=O)COc1ccc(/C=C/C2=NC(=C\c3ccc(-c4cccs4)n3B(F)F)/C=C2)cc1)NCCCNC[C@H](O)COc1cccc2[nH]c(=O)[nH]c12. The number of hydrogen-bond acceptors (Lipinski definition) is 9. The summed E-state index contributed by atoms with van der Waals surface area (Å²) in [6.07, 6.45) is 11.6. The zero-order valence-corrected chi connectivity index (χ0v) is 33.1. The Morgan fingerprint density at radius 1 is 0.898 bits per heavy atom. The van der Waals surface area contributed by atoms with Gasteiger partial charge in [-0.15, -0.1) is 11.3 Å². The van der Waals surface area contributed by atoms with Gasteiger partial charge in [0.1, 0.15) is 29.7 Å². The number of aliphatic hydroxyl groups is 1. The van der Waals surface area contributed by atoms with Crippen molar-refractivity contribution in [3.8, 4) is 22.1 Å². The van der Waals surface area contributed by atoms with Gasteiger partial charge in [-0.1, -0.05) is 36.8 Å². The van der Waals surface area contributed by atoms with E-state index in [0.717, 1.165) is 27.8 Å². The molecular formula is C42H46BF2N7O6S. The van der Waals surface area contributed by atoms with Crippen molar-refractivity contribution < 1.29 is 32.8 Å². The largest absolute Gasteiger partial charge is 0.678 e. The van der Waals surface area contributed by atoms with Crippen LogP contribution < -0.4 is 31.1 Å². The van der Waals surface area contributed by atoms with Gasteiger partial charge in [-0.3, -0.25) is 18.2 Å². The Labute approximate surface area is 344 Å². The summed E-state index contributed by atoms with van der Waals surface area (Å²) in [4.78, 5) is 46.6. The van der Waals surface area contributed by atoms with Crippen LogP contribution in [-0.4, -0.2) is 90.0 Å². The Morgan fingerprint density at radius 2 is 1.73 bits per heavy atom. The second-order valence-corrected chi connectivity index (χ2v) is 14.6. The van der Waals surface area contributed by atoms with E-state index >= 15 is 0 Å². The number of thiophene rings is 1. The highest BCUT2D eigenvalue weighted by molar-refractivity contribution is 7.13.